The maximum Gasteiger partial charge on any atom is 0.311 e. The third-order valence-corrected chi connectivity index (χ3v) is 5.81. The zero-order valence-corrected chi connectivity index (χ0v) is 19.3. The SMILES string of the molecule is CCCCCCCCCCCCOC(=O)C(C)(C)CC(CC)c1cccc[n+]1[O-]. The number of carbonyl (C=O) groups is 1. The first-order valence-electron chi connectivity index (χ1n) is 11.8. The van der Waals surface area contributed by atoms with E-state index in [1.807, 2.05) is 26.0 Å². The van der Waals surface area contributed by atoms with Crippen LogP contribution < -0.4 is 4.73 Å². The number of ether oxygens (including phenoxy) is 1. The summed E-state index contributed by atoms with van der Waals surface area (Å²) in [7, 11) is 0. The van der Waals surface area contributed by atoms with Gasteiger partial charge in [-0.25, -0.2) is 0 Å². The van der Waals surface area contributed by atoms with Gasteiger partial charge in [0, 0.05) is 18.1 Å². The Hall–Kier alpha value is -1.58. The highest BCUT2D eigenvalue weighted by Crippen LogP contribution is 2.33. The average Bonchev–Trinajstić information content (AvgIpc) is 2.70. The van der Waals surface area contributed by atoms with Gasteiger partial charge in [-0.15, -0.1) is 0 Å². The van der Waals surface area contributed by atoms with Crippen LogP contribution in [0.15, 0.2) is 24.4 Å². The van der Waals surface area contributed by atoms with Crippen LogP contribution in [0.5, 0.6) is 0 Å². The molecule has 1 unspecified atom stereocenters. The topological polar surface area (TPSA) is 53.2 Å². The molecule has 4 heteroatoms. The number of aromatic nitrogens is 1. The van der Waals surface area contributed by atoms with Crippen LogP contribution in [0.4, 0.5) is 0 Å². The van der Waals surface area contributed by atoms with E-state index < -0.39 is 5.41 Å². The zero-order chi connectivity index (χ0) is 21.5. The molecule has 0 radical (unpaired) electrons. The van der Waals surface area contributed by atoms with E-state index in [1.165, 1.54) is 57.6 Å². The normalized spacial score (nSPS) is 12.7. The van der Waals surface area contributed by atoms with Crippen molar-refractivity contribution in [1.82, 2.24) is 0 Å². The maximum absolute atomic E-state index is 12.6. The van der Waals surface area contributed by atoms with Crippen LogP contribution in [0.1, 0.15) is 116 Å². The molecule has 166 valence electrons. The van der Waals surface area contributed by atoms with E-state index in [2.05, 4.69) is 13.8 Å². The lowest BCUT2D eigenvalue weighted by Gasteiger charge is -2.26. The first-order valence-corrected chi connectivity index (χ1v) is 11.8. The number of hydrogen-bond donors (Lipinski definition) is 0. The van der Waals surface area contributed by atoms with Gasteiger partial charge in [0.25, 0.3) is 0 Å². The molecule has 0 N–H and O–H groups in total. The Morgan fingerprint density at radius 1 is 1.00 bits per heavy atom. The smallest absolute Gasteiger partial charge is 0.311 e. The van der Waals surface area contributed by atoms with E-state index in [9.17, 15) is 10.0 Å². The van der Waals surface area contributed by atoms with Crippen LogP contribution in [0, 0.1) is 10.6 Å². The van der Waals surface area contributed by atoms with Crippen molar-refractivity contribution in [1.29, 1.82) is 0 Å². The van der Waals surface area contributed by atoms with Gasteiger partial charge in [0.05, 0.1) is 12.0 Å². The Morgan fingerprint density at radius 2 is 1.59 bits per heavy atom. The fourth-order valence-electron chi connectivity index (χ4n) is 3.86. The average molecular weight is 406 g/mol. The Labute approximate surface area is 178 Å². The molecular formula is C25H43NO3. The Morgan fingerprint density at radius 3 is 2.14 bits per heavy atom. The second-order valence-electron chi connectivity index (χ2n) is 8.96. The van der Waals surface area contributed by atoms with Crippen LogP contribution in [0.25, 0.3) is 0 Å². The highest BCUT2D eigenvalue weighted by Gasteiger charge is 2.34. The highest BCUT2D eigenvalue weighted by molar-refractivity contribution is 5.76. The fraction of sp³-hybridized carbons (Fsp3) is 0.760. The highest BCUT2D eigenvalue weighted by atomic mass is 16.5. The number of unbranched alkanes of at least 4 members (excludes halogenated alkanes) is 9. The molecule has 1 rings (SSSR count). The van der Waals surface area contributed by atoms with Crippen LogP contribution in [-0.2, 0) is 9.53 Å². The van der Waals surface area contributed by atoms with Crippen molar-refractivity contribution in [2.75, 3.05) is 6.61 Å². The third kappa shape index (κ3) is 10.1. The quantitative estimate of drug-likeness (QED) is 0.133. The molecule has 4 nitrogen and oxygen atoms in total. The number of esters is 1. The molecule has 0 saturated heterocycles. The standard InChI is InChI=1S/C25H43NO3/c1-5-7-8-9-10-11-12-13-14-17-20-29-24(27)25(3,4)21-22(6-2)23-18-15-16-19-26(23)28/h15-16,18-19,22H,5-14,17,20-21H2,1-4H3. The van der Waals surface area contributed by atoms with Gasteiger partial charge >= 0.3 is 5.97 Å². The molecule has 29 heavy (non-hydrogen) atoms. The van der Waals surface area contributed by atoms with Gasteiger partial charge < -0.3 is 9.94 Å². The van der Waals surface area contributed by atoms with Gasteiger partial charge in [0.1, 0.15) is 0 Å². The van der Waals surface area contributed by atoms with Crippen LogP contribution in [0.3, 0.4) is 0 Å². The molecule has 0 amide bonds. The lowest BCUT2D eigenvalue weighted by atomic mass is 9.80. The summed E-state index contributed by atoms with van der Waals surface area (Å²) in [4.78, 5) is 12.6. The molecular weight excluding hydrogens is 362 g/mol. The van der Waals surface area contributed by atoms with Crippen LogP contribution >= 0.6 is 0 Å². The van der Waals surface area contributed by atoms with Gasteiger partial charge in [-0.2, -0.15) is 4.73 Å². The molecule has 0 bridgehead atoms. The predicted octanol–water partition coefficient (Wildman–Crippen LogP) is 6.69. The number of pyridine rings is 1. The summed E-state index contributed by atoms with van der Waals surface area (Å²) in [6, 6.07) is 5.46. The van der Waals surface area contributed by atoms with E-state index in [0.717, 1.165) is 29.7 Å². The van der Waals surface area contributed by atoms with Gasteiger partial charge in [0.2, 0.25) is 0 Å². The van der Waals surface area contributed by atoms with E-state index in [1.54, 1.807) is 6.07 Å². The van der Waals surface area contributed by atoms with E-state index in [0.29, 0.717) is 13.0 Å². The largest absolute Gasteiger partial charge is 0.618 e. The molecule has 1 heterocycles. The van der Waals surface area contributed by atoms with Crippen molar-refractivity contribution in [3.05, 3.63) is 35.3 Å². The summed E-state index contributed by atoms with van der Waals surface area (Å²) < 4.78 is 6.48. The zero-order valence-electron chi connectivity index (χ0n) is 19.3. The molecule has 1 atom stereocenters. The second-order valence-corrected chi connectivity index (χ2v) is 8.96. The van der Waals surface area contributed by atoms with Crippen molar-refractivity contribution < 1.29 is 14.3 Å². The van der Waals surface area contributed by atoms with E-state index in [-0.39, 0.29) is 11.9 Å². The molecule has 1 aromatic heterocycles. The summed E-state index contributed by atoms with van der Waals surface area (Å²) in [5, 5.41) is 12.1. The molecule has 1 aromatic rings. The summed E-state index contributed by atoms with van der Waals surface area (Å²) >= 11 is 0. The molecule has 0 aliphatic carbocycles. The first-order chi connectivity index (χ1) is 13.9. The summed E-state index contributed by atoms with van der Waals surface area (Å²) in [6.07, 6.45) is 15.6. The molecule has 0 fully saturated rings. The number of nitrogens with zero attached hydrogens (tertiary/aromatic N) is 1. The maximum atomic E-state index is 12.6. The van der Waals surface area contributed by atoms with Gasteiger partial charge in [-0.3, -0.25) is 4.79 Å². The minimum Gasteiger partial charge on any atom is -0.618 e. The third-order valence-electron chi connectivity index (χ3n) is 5.81. The van der Waals surface area contributed by atoms with Crippen molar-refractivity contribution in [2.45, 2.75) is 111 Å². The first kappa shape index (κ1) is 25.5. The molecule has 0 saturated carbocycles. The second kappa shape index (κ2) is 14.4. The minimum atomic E-state index is -0.595. The fourth-order valence-corrected chi connectivity index (χ4v) is 3.86. The van der Waals surface area contributed by atoms with E-state index in [4.69, 9.17) is 4.74 Å². The summed E-state index contributed by atoms with van der Waals surface area (Å²) in [5.41, 5.74) is 0.132. The summed E-state index contributed by atoms with van der Waals surface area (Å²) in [6.45, 7) is 8.66. The molecule has 0 aliphatic heterocycles. The number of hydrogen-bond acceptors (Lipinski definition) is 3. The number of carbonyl (C=O) groups excluding carboxylic acids is 1. The van der Waals surface area contributed by atoms with Gasteiger partial charge in [0.15, 0.2) is 11.9 Å². The van der Waals surface area contributed by atoms with Crippen molar-refractivity contribution >= 4 is 5.97 Å². The lowest BCUT2D eigenvalue weighted by molar-refractivity contribution is -0.615. The molecule has 0 aromatic carbocycles. The van der Waals surface area contributed by atoms with Crippen molar-refractivity contribution in [2.24, 2.45) is 5.41 Å². The Balaban J connectivity index is 2.24. The predicted molar refractivity (Wildman–Crippen MR) is 120 cm³/mol. The van der Waals surface area contributed by atoms with Crippen molar-refractivity contribution in [3.8, 4) is 0 Å². The summed E-state index contributed by atoms with van der Waals surface area (Å²) in [5.74, 6) is -0.103. The monoisotopic (exact) mass is 405 g/mol. The van der Waals surface area contributed by atoms with Crippen molar-refractivity contribution in [3.63, 3.8) is 0 Å². The van der Waals surface area contributed by atoms with E-state index >= 15 is 0 Å². The molecule has 0 aliphatic rings. The minimum absolute atomic E-state index is 0.0496. The molecule has 0 spiro atoms. The Kier molecular flexibility index (Phi) is 12.6. The number of rotatable bonds is 16. The van der Waals surface area contributed by atoms with Gasteiger partial charge in [-0.1, -0.05) is 77.7 Å². The van der Waals surface area contributed by atoms with Crippen LogP contribution in [-0.4, -0.2) is 12.6 Å². The van der Waals surface area contributed by atoms with Crippen LogP contribution in [0.2, 0.25) is 0 Å². The van der Waals surface area contributed by atoms with Gasteiger partial charge in [-0.05, 0) is 33.1 Å². The Bertz CT molecular complexity index is 571. The lowest BCUT2D eigenvalue weighted by Crippen LogP contribution is -2.36.